The molecule has 0 aliphatic heterocycles. The summed E-state index contributed by atoms with van der Waals surface area (Å²) in [5.74, 6) is 0.337. The molecule has 2 heterocycles. The summed E-state index contributed by atoms with van der Waals surface area (Å²) in [6, 6.07) is 4.85. The van der Waals surface area contributed by atoms with Crippen LogP contribution in [0.5, 0.6) is 11.5 Å². The average Bonchev–Trinajstić information content (AvgIpc) is 3.72. The van der Waals surface area contributed by atoms with Gasteiger partial charge in [-0.15, -0.1) is 0 Å². The van der Waals surface area contributed by atoms with Crippen molar-refractivity contribution < 1.29 is 28.2 Å². The zero-order valence-electron chi connectivity index (χ0n) is 23.4. The average molecular weight is 553 g/mol. The van der Waals surface area contributed by atoms with E-state index in [4.69, 9.17) is 14.2 Å². The first-order chi connectivity index (χ1) is 19.3. The molecule has 1 aromatic carbocycles. The Morgan fingerprint density at radius 1 is 1.05 bits per heavy atom. The molecular formula is C30H37FN4O5. The Labute approximate surface area is 233 Å². The predicted molar refractivity (Wildman–Crippen MR) is 149 cm³/mol. The van der Waals surface area contributed by atoms with Crippen molar-refractivity contribution in [3.63, 3.8) is 0 Å². The Bertz CT molecular complexity index is 1390. The van der Waals surface area contributed by atoms with Crippen LogP contribution in [-0.2, 0) is 9.53 Å². The SMILES string of the molecule is COc1cc(OCC2CC2)c(-c2ccnc3c(C(=O)NC4CCC(NC(=O)[C@H](C)OC)CC4)c(C)[nH]c23)cc1F. The van der Waals surface area contributed by atoms with E-state index >= 15 is 0 Å². The lowest BCUT2D eigenvalue weighted by Gasteiger charge is -2.30. The molecule has 0 unspecified atom stereocenters. The maximum absolute atomic E-state index is 14.9. The van der Waals surface area contributed by atoms with Gasteiger partial charge in [0.25, 0.3) is 5.91 Å². The molecule has 0 bridgehead atoms. The Kier molecular flexibility index (Phi) is 8.25. The van der Waals surface area contributed by atoms with Gasteiger partial charge in [0.05, 0.1) is 24.8 Å². The normalized spacial score (nSPS) is 19.7. The fraction of sp³-hybridized carbons (Fsp3) is 0.500. The third-order valence-corrected chi connectivity index (χ3v) is 7.95. The number of nitrogens with zero attached hydrogens (tertiary/aromatic N) is 1. The predicted octanol–water partition coefficient (Wildman–Crippen LogP) is 4.67. The molecule has 0 radical (unpaired) electrons. The molecule has 214 valence electrons. The van der Waals surface area contributed by atoms with Crippen LogP contribution >= 0.6 is 0 Å². The highest BCUT2D eigenvalue weighted by atomic mass is 19.1. The number of rotatable bonds is 10. The van der Waals surface area contributed by atoms with Gasteiger partial charge in [0.2, 0.25) is 5.91 Å². The number of aromatic nitrogens is 2. The summed E-state index contributed by atoms with van der Waals surface area (Å²) in [4.78, 5) is 33.5. The number of hydrogen-bond acceptors (Lipinski definition) is 6. The van der Waals surface area contributed by atoms with E-state index in [0.717, 1.165) is 38.5 Å². The number of amides is 2. The molecule has 9 nitrogen and oxygen atoms in total. The number of ether oxygens (including phenoxy) is 3. The maximum atomic E-state index is 14.9. The number of H-pyrrole nitrogens is 1. The van der Waals surface area contributed by atoms with Gasteiger partial charge >= 0.3 is 0 Å². The standard InChI is InChI=1S/C30H37FN4O5/c1-16-26(30(37)35-20-9-7-19(8-10-20)34-29(36)17(2)38-3)28-27(33-16)21(11-12-32-28)22-13-23(31)25(39-4)14-24(22)40-15-18-5-6-18/h11-14,17-20,33H,5-10,15H2,1-4H3,(H,34,36)(H,35,37)/t17-,19?,20?/m0/s1. The Hall–Kier alpha value is -3.66. The topological polar surface area (TPSA) is 115 Å². The summed E-state index contributed by atoms with van der Waals surface area (Å²) < 4.78 is 31.3. The highest BCUT2D eigenvalue weighted by Crippen LogP contribution is 2.40. The summed E-state index contributed by atoms with van der Waals surface area (Å²) in [6.07, 6.45) is 6.45. The number of nitrogens with one attached hydrogen (secondary N) is 3. The minimum Gasteiger partial charge on any atom is -0.494 e. The van der Waals surface area contributed by atoms with Crippen molar-refractivity contribution in [1.82, 2.24) is 20.6 Å². The molecule has 10 heteroatoms. The van der Waals surface area contributed by atoms with Gasteiger partial charge in [0.15, 0.2) is 11.6 Å². The fourth-order valence-corrected chi connectivity index (χ4v) is 5.29. The quantitative estimate of drug-likeness (QED) is 0.337. The number of methoxy groups -OCH3 is 2. The molecule has 0 saturated heterocycles. The van der Waals surface area contributed by atoms with Gasteiger partial charge in [-0.05, 0) is 70.4 Å². The number of fused-ring (bicyclic) bond motifs is 1. The number of carbonyl (C=O) groups is 2. The molecular weight excluding hydrogens is 515 g/mol. The monoisotopic (exact) mass is 552 g/mol. The van der Waals surface area contributed by atoms with E-state index in [1.165, 1.54) is 20.3 Å². The van der Waals surface area contributed by atoms with Crippen LogP contribution in [0.15, 0.2) is 24.4 Å². The van der Waals surface area contributed by atoms with Crippen LogP contribution < -0.4 is 20.1 Å². The number of hydrogen-bond donors (Lipinski definition) is 3. The van der Waals surface area contributed by atoms with E-state index in [-0.39, 0.29) is 29.6 Å². The van der Waals surface area contributed by atoms with Crippen molar-refractivity contribution >= 4 is 22.8 Å². The first-order valence-corrected chi connectivity index (χ1v) is 13.9. The smallest absolute Gasteiger partial charge is 0.255 e. The molecule has 3 aromatic rings. The summed E-state index contributed by atoms with van der Waals surface area (Å²) in [6.45, 7) is 4.12. The highest BCUT2D eigenvalue weighted by Gasteiger charge is 2.28. The first-order valence-electron chi connectivity index (χ1n) is 13.9. The van der Waals surface area contributed by atoms with Crippen LogP contribution in [0.1, 0.15) is 61.5 Å². The number of carbonyl (C=O) groups excluding carboxylic acids is 2. The van der Waals surface area contributed by atoms with Gasteiger partial charge in [-0.2, -0.15) is 0 Å². The molecule has 2 saturated carbocycles. The van der Waals surface area contributed by atoms with Crippen LogP contribution in [0.4, 0.5) is 4.39 Å². The molecule has 1 atom stereocenters. The van der Waals surface area contributed by atoms with Crippen molar-refractivity contribution in [2.24, 2.45) is 5.92 Å². The molecule has 2 amide bonds. The van der Waals surface area contributed by atoms with Gasteiger partial charge in [-0.3, -0.25) is 14.6 Å². The Morgan fingerprint density at radius 2 is 1.75 bits per heavy atom. The van der Waals surface area contributed by atoms with Gasteiger partial charge in [0.1, 0.15) is 17.4 Å². The van der Waals surface area contributed by atoms with E-state index in [1.807, 2.05) is 6.92 Å². The molecule has 2 aliphatic carbocycles. The summed E-state index contributed by atoms with van der Waals surface area (Å²) in [5.41, 5.74) is 3.58. The van der Waals surface area contributed by atoms with Crippen molar-refractivity contribution in [2.75, 3.05) is 20.8 Å². The van der Waals surface area contributed by atoms with Crippen molar-refractivity contribution in [1.29, 1.82) is 0 Å². The number of benzene rings is 1. The maximum Gasteiger partial charge on any atom is 0.255 e. The van der Waals surface area contributed by atoms with Crippen LogP contribution in [-0.4, -0.2) is 60.8 Å². The van der Waals surface area contributed by atoms with Crippen molar-refractivity contribution in [2.45, 2.75) is 70.6 Å². The third-order valence-electron chi connectivity index (χ3n) is 7.95. The zero-order chi connectivity index (χ0) is 28.4. The van der Waals surface area contributed by atoms with Crippen LogP contribution in [0.25, 0.3) is 22.2 Å². The molecule has 3 N–H and O–H groups in total. The second-order valence-corrected chi connectivity index (χ2v) is 10.9. The lowest BCUT2D eigenvalue weighted by atomic mass is 9.90. The molecule has 5 rings (SSSR count). The van der Waals surface area contributed by atoms with Gasteiger partial charge < -0.3 is 29.8 Å². The number of pyridine rings is 1. The third kappa shape index (κ3) is 5.91. The largest absolute Gasteiger partial charge is 0.494 e. The molecule has 40 heavy (non-hydrogen) atoms. The van der Waals surface area contributed by atoms with Gasteiger partial charge in [0, 0.05) is 48.3 Å². The molecule has 2 aliphatic rings. The molecule has 2 aromatic heterocycles. The van der Waals surface area contributed by atoms with Gasteiger partial charge in [-0.25, -0.2) is 4.39 Å². The number of aromatic amines is 1. The Morgan fingerprint density at radius 3 is 2.40 bits per heavy atom. The van der Waals surface area contributed by atoms with Crippen LogP contribution in [0, 0.1) is 18.7 Å². The number of halogens is 1. The van der Waals surface area contributed by atoms with E-state index in [1.54, 1.807) is 25.3 Å². The van der Waals surface area contributed by atoms with E-state index in [9.17, 15) is 14.0 Å². The van der Waals surface area contributed by atoms with Crippen LogP contribution in [0.3, 0.4) is 0 Å². The molecule has 2 fully saturated rings. The summed E-state index contributed by atoms with van der Waals surface area (Å²) >= 11 is 0. The van der Waals surface area contributed by atoms with E-state index in [2.05, 4.69) is 20.6 Å². The lowest BCUT2D eigenvalue weighted by molar-refractivity contribution is -0.131. The second kappa shape index (κ2) is 11.8. The van der Waals surface area contributed by atoms with E-state index < -0.39 is 11.9 Å². The minimum atomic E-state index is -0.494. The minimum absolute atomic E-state index is 0.00820. The Balaban J connectivity index is 1.35. The summed E-state index contributed by atoms with van der Waals surface area (Å²) in [5, 5.41) is 6.18. The van der Waals surface area contributed by atoms with E-state index in [0.29, 0.717) is 51.7 Å². The first kappa shape index (κ1) is 27.9. The fourth-order valence-electron chi connectivity index (χ4n) is 5.29. The summed E-state index contributed by atoms with van der Waals surface area (Å²) in [7, 11) is 2.94. The molecule has 0 spiro atoms. The van der Waals surface area contributed by atoms with Gasteiger partial charge in [-0.1, -0.05) is 0 Å². The lowest BCUT2D eigenvalue weighted by Crippen LogP contribution is -2.46. The van der Waals surface area contributed by atoms with Crippen LogP contribution in [0.2, 0.25) is 0 Å². The van der Waals surface area contributed by atoms with Crippen molar-refractivity contribution in [3.05, 3.63) is 41.5 Å². The highest BCUT2D eigenvalue weighted by molar-refractivity contribution is 6.09. The number of aryl methyl sites for hydroxylation is 1. The zero-order valence-corrected chi connectivity index (χ0v) is 23.4. The second-order valence-electron chi connectivity index (χ2n) is 10.9. The van der Waals surface area contributed by atoms with Crippen molar-refractivity contribution in [3.8, 4) is 22.6 Å².